The van der Waals surface area contributed by atoms with Gasteiger partial charge in [0.2, 0.25) is 11.8 Å². The summed E-state index contributed by atoms with van der Waals surface area (Å²) in [5.41, 5.74) is 3.20. The molecule has 4 N–H and O–H groups in total. The van der Waals surface area contributed by atoms with Gasteiger partial charge < -0.3 is 35.4 Å². The van der Waals surface area contributed by atoms with E-state index in [1.165, 1.54) is 19.4 Å². The first-order valence-electron chi connectivity index (χ1n) is 15.0. The van der Waals surface area contributed by atoms with Crippen LogP contribution in [0.25, 0.3) is 16.6 Å². The van der Waals surface area contributed by atoms with Crippen LogP contribution >= 0.6 is 0 Å². The summed E-state index contributed by atoms with van der Waals surface area (Å²) >= 11 is 0. The molecular weight excluding hydrogens is 594 g/mol. The highest BCUT2D eigenvalue weighted by atomic mass is 19.1. The second-order valence-corrected chi connectivity index (χ2v) is 12.1. The first kappa shape index (κ1) is 32.3. The molecule has 0 aliphatic carbocycles. The quantitative estimate of drug-likeness (QED) is 0.127. The van der Waals surface area contributed by atoms with Gasteiger partial charge in [-0.25, -0.2) is 24.1 Å². The Morgan fingerprint density at radius 2 is 1.91 bits per heavy atom. The molecule has 46 heavy (non-hydrogen) atoms. The van der Waals surface area contributed by atoms with Gasteiger partial charge in [0.25, 0.3) is 0 Å². The Bertz CT molecular complexity index is 1740. The van der Waals surface area contributed by atoms with E-state index in [9.17, 15) is 9.18 Å². The summed E-state index contributed by atoms with van der Waals surface area (Å²) in [5.74, 6) is -0.565. The summed E-state index contributed by atoms with van der Waals surface area (Å²) in [6.07, 6.45) is 9.10. The van der Waals surface area contributed by atoms with Gasteiger partial charge >= 0.3 is 6.09 Å². The van der Waals surface area contributed by atoms with Crippen molar-refractivity contribution >= 4 is 34.7 Å². The smallest absolute Gasteiger partial charge is 0.410 e. The van der Waals surface area contributed by atoms with Crippen LogP contribution in [-0.2, 0) is 17.7 Å². The number of nitrogens with zero attached hydrogens (tertiary/aromatic N) is 4. The zero-order valence-electron chi connectivity index (χ0n) is 26.3. The molecule has 1 amide bonds. The average molecular weight is 633 g/mol. The topological polar surface area (TPSA) is 141 Å². The van der Waals surface area contributed by atoms with Crippen molar-refractivity contribution in [3.8, 4) is 5.88 Å². The molecule has 1 aliphatic heterocycles. The van der Waals surface area contributed by atoms with E-state index >= 15 is 4.39 Å². The van der Waals surface area contributed by atoms with Gasteiger partial charge in [-0.2, -0.15) is 4.39 Å². The molecule has 1 fully saturated rings. The van der Waals surface area contributed by atoms with Crippen molar-refractivity contribution in [2.45, 2.75) is 58.2 Å². The molecule has 4 aromatic heterocycles. The Morgan fingerprint density at radius 1 is 1.13 bits per heavy atom. The SMILES string of the molecule is COc1ncc(F)cc1CNc1ccc(Cc2c[nH]c3ncc(/C(C=N)=C/NC4CCN(C(=O)OC(C)(C)C)CC4)cc23)c(F)n1. The summed E-state index contributed by atoms with van der Waals surface area (Å²) in [6.45, 7) is 6.88. The number of fused-ring (bicyclic) bond motifs is 1. The van der Waals surface area contributed by atoms with Gasteiger partial charge in [-0.05, 0) is 57.4 Å². The Kier molecular flexibility index (Phi) is 9.78. The summed E-state index contributed by atoms with van der Waals surface area (Å²) in [4.78, 5) is 29.7. The highest BCUT2D eigenvalue weighted by Gasteiger charge is 2.26. The number of H-pyrrole nitrogens is 1. The molecule has 5 rings (SSSR count). The number of ether oxygens (including phenoxy) is 2. The summed E-state index contributed by atoms with van der Waals surface area (Å²) in [5, 5.41) is 15.2. The number of hydrogen-bond donors (Lipinski definition) is 4. The number of hydrogen-bond acceptors (Lipinski definition) is 9. The molecule has 11 nitrogen and oxygen atoms in total. The number of carbonyl (C=O) groups excluding carboxylic acids is 1. The number of methoxy groups -OCH3 is 1. The van der Waals surface area contributed by atoms with Gasteiger partial charge in [0.05, 0.1) is 13.3 Å². The third-order valence-corrected chi connectivity index (χ3v) is 7.58. The van der Waals surface area contributed by atoms with Crippen LogP contribution in [0.15, 0.2) is 49.1 Å². The molecule has 13 heteroatoms. The molecule has 1 saturated heterocycles. The first-order chi connectivity index (χ1) is 22.0. The van der Waals surface area contributed by atoms with E-state index in [2.05, 4.69) is 30.6 Å². The summed E-state index contributed by atoms with van der Waals surface area (Å²) in [7, 11) is 1.44. The van der Waals surface area contributed by atoms with Gasteiger partial charge in [-0.1, -0.05) is 6.07 Å². The average Bonchev–Trinajstić information content (AvgIpc) is 3.43. The van der Waals surface area contributed by atoms with Crippen LogP contribution in [-0.4, -0.2) is 69.0 Å². The lowest BCUT2D eigenvalue weighted by Gasteiger charge is -2.33. The van der Waals surface area contributed by atoms with Gasteiger partial charge in [-0.15, -0.1) is 0 Å². The van der Waals surface area contributed by atoms with Crippen molar-refractivity contribution in [3.05, 3.63) is 83.1 Å². The number of pyridine rings is 3. The minimum atomic E-state index is -0.630. The summed E-state index contributed by atoms with van der Waals surface area (Å²) in [6, 6.07) is 6.70. The van der Waals surface area contributed by atoms with Crippen LogP contribution in [0.1, 0.15) is 55.9 Å². The fraction of sp³-hybridized carbons (Fsp3) is 0.364. The molecule has 0 bridgehead atoms. The van der Waals surface area contributed by atoms with E-state index < -0.39 is 17.4 Å². The molecule has 0 unspecified atom stereocenters. The van der Waals surface area contributed by atoms with Crippen LogP contribution in [0.2, 0.25) is 0 Å². The number of piperidine rings is 1. The minimum absolute atomic E-state index is 0.147. The van der Waals surface area contributed by atoms with Crippen molar-refractivity contribution in [3.63, 3.8) is 0 Å². The molecule has 0 spiro atoms. The number of nitrogens with one attached hydrogen (secondary N) is 4. The predicted octanol–water partition coefficient (Wildman–Crippen LogP) is 5.82. The van der Waals surface area contributed by atoms with E-state index in [-0.39, 0.29) is 31.0 Å². The number of amides is 1. The highest BCUT2D eigenvalue weighted by molar-refractivity contribution is 6.09. The number of anilines is 1. The lowest BCUT2D eigenvalue weighted by atomic mass is 10.0. The first-order valence-corrected chi connectivity index (χ1v) is 15.0. The maximum atomic E-state index is 15.1. The van der Waals surface area contributed by atoms with E-state index in [0.29, 0.717) is 41.3 Å². The third kappa shape index (κ3) is 7.95. The largest absolute Gasteiger partial charge is 0.481 e. The monoisotopic (exact) mass is 632 g/mol. The number of likely N-dealkylation sites (tertiary alicyclic amines) is 1. The van der Waals surface area contributed by atoms with E-state index in [1.807, 2.05) is 26.8 Å². The standard InChI is InChI=1S/C33H38F2N8O3/c1-33(2,3)46-32(44)43-9-7-26(8-10-43)37-18-24(14-36)21-13-27-22(16-40-30(27)39-15-21)11-20-5-6-28(42-29(20)35)38-17-23-12-25(34)19-41-31(23)45-4/h5-6,12-16,18-19,26,36-37H,7-11,17H2,1-4H3,(H,38,42)(H,39,40)/b24-18+,36-14?. The molecular formula is C33H38F2N8O3. The maximum absolute atomic E-state index is 15.1. The lowest BCUT2D eigenvalue weighted by molar-refractivity contribution is 0.0201. The van der Waals surface area contributed by atoms with Crippen LogP contribution in [0.3, 0.4) is 0 Å². The Balaban J connectivity index is 1.23. The molecule has 5 heterocycles. The van der Waals surface area contributed by atoms with Crippen LogP contribution in [0.4, 0.5) is 19.4 Å². The lowest BCUT2D eigenvalue weighted by Crippen LogP contribution is -2.45. The van der Waals surface area contributed by atoms with Gasteiger partial charge in [0.15, 0.2) is 0 Å². The zero-order chi connectivity index (χ0) is 32.8. The van der Waals surface area contributed by atoms with Crippen molar-refractivity contribution in [1.82, 2.24) is 30.2 Å². The predicted molar refractivity (Wildman–Crippen MR) is 172 cm³/mol. The molecule has 0 aromatic carbocycles. The number of rotatable bonds is 10. The van der Waals surface area contributed by atoms with Crippen molar-refractivity contribution < 1.29 is 23.0 Å². The molecule has 0 atom stereocenters. The minimum Gasteiger partial charge on any atom is -0.481 e. The Labute approximate surface area is 266 Å². The number of carbonyl (C=O) groups is 1. The molecule has 4 aromatic rings. The molecule has 1 aliphatic rings. The van der Waals surface area contributed by atoms with Gasteiger partial charge in [-0.3, -0.25) is 0 Å². The second-order valence-electron chi connectivity index (χ2n) is 12.1. The van der Waals surface area contributed by atoms with Crippen molar-refractivity contribution in [1.29, 1.82) is 5.41 Å². The third-order valence-electron chi connectivity index (χ3n) is 7.58. The fourth-order valence-corrected chi connectivity index (χ4v) is 5.20. The second kappa shape index (κ2) is 13.9. The van der Waals surface area contributed by atoms with Gasteiger partial charge in [0.1, 0.15) is 22.9 Å². The Hall–Kier alpha value is -5.07. The Morgan fingerprint density at radius 3 is 2.61 bits per heavy atom. The van der Waals surface area contributed by atoms with E-state index in [0.717, 1.165) is 35.6 Å². The van der Waals surface area contributed by atoms with E-state index in [1.54, 1.807) is 35.6 Å². The van der Waals surface area contributed by atoms with E-state index in [4.69, 9.17) is 14.9 Å². The fourth-order valence-electron chi connectivity index (χ4n) is 5.20. The molecule has 0 saturated carbocycles. The number of aromatic nitrogens is 4. The number of aromatic amines is 1. The number of halogens is 2. The summed E-state index contributed by atoms with van der Waals surface area (Å²) < 4.78 is 39.4. The van der Waals surface area contributed by atoms with Crippen LogP contribution < -0.4 is 15.4 Å². The highest BCUT2D eigenvalue weighted by Crippen LogP contribution is 2.25. The van der Waals surface area contributed by atoms with Crippen LogP contribution in [0.5, 0.6) is 5.88 Å². The number of allylic oxidation sites excluding steroid dienone is 1. The molecule has 242 valence electrons. The van der Waals surface area contributed by atoms with Crippen molar-refractivity contribution in [2.75, 3.05) is 25.5 Å². The normalized spacial score (nSPS) is 14.3. The maximum Gasteiger partial charge on any atom is 0.410 e. The van der Waals surface area contributed by atoms with Crippen LogP contribution in [0, 0.1) is 17.2 Å². The molecule has 0 radical (unpaired) electrons. The zero-order valence-corrected chi connectivity index (χ0v) is 26.3. The van der Waals surface area contributed by atoms with Gasteiger partial charge in [0, 0.05) is 84.6 Å². The van der Waals surface area contributed by atoms with Crippen molar-refractivity contribution in [2.24, 2.45) is 0 Å².